The number of aromatic amines is 1. The van der Waals surface area contributed by atoms with E-state index < -0.39 is 28.0 Å². The van der Waals surface area contributed by atoms with Gasteiger partial charge < -0.3 is 10.1 Å². The molecule has 1 saturated heterocycles. The molecule has 35 heavy (non-hydrogen) atoms. The molecule has 1 aromatic heterocycles. The number of nitrogens with one attached hydrogen (secondary N) is 2. The molecule has 1 aliphatic rings. The minimum Gasteiger partial charge on any atom is -0.452 e. The van der Waals surface area contributed by atoms with Gasteiger partial charge in [-0.15, -0.1) is 0 Å². The summed E-state index contributed by atoms with van der Waals surface area (Å²) in [4.78, 5) is 37.0. The quantitative estimate of drug-likeness (QED) is 0.476. The fourth-order valence-electron chi connectivity index (χ4n) is 3.94. The Morgan fingerprint density at radius 1 is 1.06 bits per heavy atom. The number of nitrogens with zero attached hydrogens (tertiary/aromatic N) is 2. The van der Waals surface area contributed by atoms with Crippen molar-refractivity contribution in [2.45, 2.75) is 43.6 Å². The number of carbonyl (C=O) groups is 2. The molecule has 10 nitrogen and oxygen atoms in total. The van der Waals surface area contributed by atoms with Crippen molar-refractivity contribution in [1.82, 2.24) is 14.5 Å². The van der Waals surface area contributed by atoms with Crippen molar-refractivity contribution in [2.75, 3.05) is 18.4 Å². The van der Waals surface area contributed by atoms with Gasteiger partial charge in [0, 0.05) is 24.2 Å². The highest BCUT2D eigenvalue weighted by Crippen LogP contribution is 2.22. The molecule has 1 fully saturated rings. The summed E-state index contributed by atoms with van der Waals surface area (Å²) < 4.78 is 32.2. The standard InChI is InChI=1S/C24H26N4O6S/c1-16(34-22(29)15-21-19-7-3-4-8-20(19)24(31)27-26-21)23(30)25-17-9-11-18(12-10-17)35(32,33)28-13-5-2-6-14-28/h3-4,7-12,16H,2,5-6,13-15H2,1H3,(H,25,30)(H,27,31)/t16-/m1/s1. The van der Waals surface area contributed by atoms with E-state index in [2.05, 4.69) is 15.5 Å². The molecule has 2 heterocycles. The van der Waals surface area contributed by atoms with Crippen LogP contribution in [0, 0.1) is 0 Å². The van der Waals surface area contributed by atoms with E-state index >= 15 is 0 Å². The fourth-order valence-corrected chi connectivity index (χ4v) is 5.46. The van der Waals surface area contributed by atoms with Crippen LogP contribution >= 0.6 is 0 Å². The van der Waals surface area contributed by atoms with Gasteiger partial charge in [-0.1, -0.05) is 24.6 Å². The van der Waals surface area contributed by atoms with Crippen molar-refractivity contribution >= 4 is 38.4 Å². The van der Waals surface area contributed by atoms with E-state index in [4.69, 9.17) is 4.74 Å². The number of anilines is 1. The summed E-state index contributed by atoms with van der Waals surface area (Å²) in [5.74, 6) is -1.25. The van der Waals surface area contributed by atoms with Crippen LogP contribution in [-0.4, -0.2) is 54.0 Å². The lowest BCUT2D eigenvalue weighted by Gasteiger charge is -2.25. The Morgan fingerprint density at radius 2 is 1.71 bits per heavy atom. The largest absolute Gasteiger partial charge is 0.452 e. The Hall–Kier alpha value is -3.57. The third kappa shape index (κ3) is 5.57. The molecule has 11 heteroatoms. The molecule has 0 unspecified atom stereocenters. The lowest BCUT2D eigenvalue weighted by molar-refractivity contribution is -0.152. The molecule has 1 atom stereocenters. The Bertz CT molecular complexity index is 1400. The average Bonchev–Trinajstić information content (AvgIpc) is 2.86. The van der Waals surface area contributed by atoms with Crippen LogP contribution in [0.25, 0.3) is 10.8 Å². The van der Waals surface area contributed by atoms with Crippen LogP contribution in [0.15, 0.2) is 58.2 Å². The number of carbonyl (C=O) groups excluding carboxylic acids is 2. The van der Waals surface area contributed by atoms with E-state index in [0.717, 1.165) is 19.3 Å². The first-order chi connectivity index (χ1) is 16.8. The van der Waals surface area contributed by atoms with Crippen LogP contribution in [0.3, 0.4) is 0 Å². The van der Waals surface area contributed by atoms with Gasteiger partial charge >= 0.3 is 5.97 Å². The van der Waals surface area contributed by atoms with Crippen molar-refractivity contribution in [3.05, 3.63) is 64.6 Å². The van der Waals surface area contributed by atoms with Gasteiger partial charge in [-0.2, -0.15) is 9.40 Å². The summed E-state index contributed by atoms with van der Waals surface area (Å²) in [6.45, 7) is 2.45. The molecule has 1 amide bonds. The Morgan fingerprint density at radius 3 is 2.40 bits per heavy atom. The van der Waals surface area contributed by atoms with Crippen molar-refractivity contribution in [2.24, 2.45) is 0 Å². The number of hydrogen-bond donors (Lipinski definition) is 2. The fraction of sp³-hybridized carbons (Fsp3) is 0.333. The van der Waals surface area contributed by atoms with Gasteiger partial charge in [0.1, 0.15) is 0 Å². The summed E-state index contributed by atoms with van der Waals surface area (Å²) in [5.41, 5.74) is 0.354. The van der Waals surface area contributed by atoms with Crippen molar-refractivity contribution in [3.63, 3.8) is 0 Å². The molecule has 184 valence electrons. The summed E-state index contributed by atoms with van der Waals surface area (Å²) in [6, 6.07) is 12.7. The van der Waals surface area contributed by atoms with E-state index in [1.165, 1.54) is 35.5 Å². The number of esters is 1. The van der Waals surface area contributed by atoms with E-state index in [-0.39, 0.29) is 16.9 Å². The predicted molar refractivity (Wildman–Crippen MR) is 129 cm³/mol. The monoisotopic (exact) mass is 498 g/mol. The lowest BCUT2D eigenvalue weighted by Crippen LogP contribution is -2.35. The molecule has 4 rings (SSSR count). The van der Waals surface area contributed by atoms with Gasteiger partial charge in [0.05, 0.1) is 22.4 Å². The third-order valence-electron chi connectivity index (χ3n) is 5.84. The zero-order chi connectivity index (χ0) is 25.0. The molecule has 0 bridgehead atoms. The van der Waals surface area contributed by atoms with Gasteiger partial charge in [-0.3, -0.25) is 14.4 Å². The number of ether oxygens (including phenoxy) is 1. The topological polar surface area (TPSA) is 139 Å². The molecule has 2 N–H and O–H groups in total. The molecule has 2 aromatic carbocycles. The van der Waals surface area contributed by atoms with Crippen LogP contribution in [0.4, 0.5) is 5.69 Å². The normalized spacial score (nSPS) is 15.5. The van der Waals surface area contributed by atoms with Crippen LogP contribution < -0.4 is 10.9 Å². The number of H-pyrrole nitrogens is 1. The zero-order valence-electron chi connectivity index (χ0n) is 19.2. The van der Waals surface area contributed by atoms with Gasteiger partial charge in [0.15, 0.2) is 6.10 Å². The Kier molecular flexibility index (Phi) is 7.27. The number of hydrogen-bond acceptors (Lipinski definition) is 7. The van der Waals surface area contributed by atoms with Crippen molar-refractivity contribution in [3.8, 4) is 0 Å². The number of sulfonamides is 1. The van der Waals surface area contributed by atoms with Crippen LogP contribution in [0.5, 0.6) is 0 Å². The smallest absolute Gasteiger partial charge is 0.312 e. The summed E-state index contributed by atoms with van der Waals surface area (Å²) in [5, 5.41) is 9.85. The number of piperidine rings is 1. The second kappa shape index (κ2) is 10.4. The van der Waals surface area contributed by atoms with Gasteiger partial charge in [0.25, 0.3) is 11.5 Å². The SMILES string of the molecule is C[C@@H](OC(=O)Cc1n[nH]c(=O)c2ccccc12)C(=O)Nc1ccc(S(=O)(=O)N2CCCCC2)cc1. The minimum absolute atomic E-state index is 0.164. The first kappa shape index (κ1) is 24.6. The van der Waals surface area contributed by atoms with Crippen LogP contribution in [-0.2, 0) is 30.8 Å². The number of benzene rings is 2. The number of aromatic nitrogens is 2. The maximum atomic E-state index is 12.8. The molecule has 0 radical (unpaired) electrons. The molecule has 0 spiro atoms. The first-order valence-corrected chi connectivity index (χ1v) is 12.8. The summed E-state index contributed by atoms with van der Waals surface area (Å²) in [6.07, 6.45) is 1.39. The molecular weight excluding hydrogens is 472 g/mol. The second-order valence-electron chi connectivity index (χ2n) is 8.33. The second-order valence-corrected chi connectivity index (χ2v) is 10.3. The first-order valence-electron chi connectivity index (χ1n) is 11.3. The number of fused-ring (bicyclic) bond motifs is 1. The molecule has 0 saturated carbocycles. The maximum Gasteiger partial charge on any atom is 0.312 e. The third-order valence-corrected chi connectivity index (χ3v) is 7.75. The summed E-state index contributed by atoms with van der Waals surface area (Å²) >= 11 is 0. The van der Waals surface area contributed by atoms with Crippen molar-refractivity contribution in [1.29, 1.82) is 0 Å². The Labute approximate surface area is 202 Å². The maximum absolute atomic E-state index is 12.8. The summed E-state index contributed by atoms with van der Waals surface area (Å²) in [7, 11) is -3.56. The highest BCUT2D eigenvalue weighted by atomic mass is 32.2. The van der Waals surface area contributed by atoms with E-state index in [9.17, 15) is 22.8 Å². The number of amides is 1. The zero-order valence-corrected chi connectivity index (χ0v) is 20.0. The molecular formula is C24H26N4O6S. The lowest BCUT2D eigenvalue weighted by atomic mass is 10.1. The van der Waals surface area contributed by atoms with Crippen LogP contribution in [0.1, 0.15) is 31.9 Å². The van der Waals surface area contributed by atoms with Crippen molar-refractivity contribution < 1.29 is 22.7 Å². The predicted octanol–water partition coefficient (Wildman–Crippen LogP) is 2.21. The van der Waals surface area contributed by atoms with E-state index in [1.807, 2.05) is 0 Å². The highest BCUT2D eigenvalue weighted by molar-refractivity contribution is 7.89. The molecule has 3 aromatic rings. The van der Waals surface area contributed by atoms with Crippen LogP contribution in [0.2, 0.25) is 0 Å². The van der Waals surface area contributed by atoms with E-state index in [0.29, 0.717) is 35.2 Å². The molecule has 1 aliphatic heterocycles. The minimum atomic E-state index is -3.56. The van der Waals surface area contributed by atoms with Gasteiger partial charge in [0.2, 0.25) is 10.0 Å². The Balaban J connectivity index is 1.36. The highest BCUT2D eigenvalue weighted by Gasteiger charge is 2.26. The van der Waals surface area contributed by atoms with Gasteiger partial charge in [-0.25, -0.2) is 13.5 Å². The average molecular weight is 499 g/mol. The molecule has 0 aliphatic carbocycles. The number of rotatable bonds is 7. The van der Waals surface area contributed by atoms with E-state index in [1.54, 1.807) is 24.3 Å². The van der Waals surface area contributed by atoms with Gasteiger partial charge in [-0.05, 0) is 50.1 Å².